The van der Waals surface area contributed by atoms with Gasteiger partial charge in [-0.15, -0.1) is 0 Å². The standard InChI is InChI=1S/C7H3ClN.Sn/c8-7-4-2-1-3-6(7)5-9;/h1,3-4H;. The molecule has 1 aromatic carbocycles. The van der Waals surface area contributed by atoms with Gasteiger partial charge < -0.3 is 0 Å². The molecule has 3 heteroatoms. The molecule has 1 aromatic rings. The first-order valence-corrected chi connectivity index (χ1v) is 4.46. The second-order valence-electron chi connectivity index (χ2n) is 1.81. The summed E-state index contributed by atoms with van der Waals surface area (Å²) in [6.45, 7) is 0. The van der Waals surface area contributed by atoms with Crippen molar-refractivity contribution in [2.45, 2.75) is 0 Å². The van der Waals surface area contributed by atoms with Gasteiger partial charge in [0.1, 0.15) is 0 Å². The van der Waals surface area contributed by atoms with Gasteiger partial charge in [-0.2, -0.15) is 0 Å². The van der Waals surface area contributed by atoms with Gasteiger partial charge in [-0.25, -0.2) is 0 Å². The van der Waals surface area contributed by atoms with E-state index in [4.69, 9.17) is 16.9 Å². The van der Waals surface area contributed by atoms with Crippen LogP contribution >= 0.6 is 11.6 Å². The predicted molar refractivity (Wildman–Crippen MR) is 41.6 cm³/mol. The first kappa shape index (κ1) is 7.90. The van der Waals surface area contributed by atoms with Crippen LogP contribution in [0.15, 0.2) is 18.2 Å². The molecule has 0 aromatic heterocycles. The van der Waals surface area contributed by atoms with Gasteiger partial charge in [-0.3, -0.25) is 0 Å². The van der Waals surface area contributed by atoms with Crippen LogP contribution < -0.4 is 3.58 Å². The van der Waals surface area contributed by atoms with E-state index in [1.54, 1.807) is 6.07 Å². The molecule has 1 nitrogen and oxygen atoms in total. The third-order valence-electron chi connectivity index (χ3n) is 1.09. The summed E-state index contributed by atoms with van der Waals surface area (Å²) < 4.78 is 1.16. The van der Waals surface area contributed by atoms with Crippen LogP contribution in [0.3, 0.4) is 0 Å². The number of nitrogens with zero attached hydrogens (tertiary/aromatic N) is 1. The van der Waals surface area contributed by atoms with Crippen LogP contribution in [0.25, 0.3) is 0 Å². The third kappa shape index (κ3) is 1.65. The van der Waals surface area contributed by atoms with Crippen molar-refractivity contribution in [3.8, 4) is 6.07 Å². The molecule has 3 radical (unpaired) electrons. The minimum absolute atomic E-state index is 0.549. The summed E-state index contributed by atoms with van der Waals surface area (Å²) in [5.41, 5.74) is 0.549. The minimum atomic E-state index is 0.549. The Morgan fingerprint density at radius 1 is 1.50 bits per heavy atom. The van der Waals surface area contributed by atoms with Crippen molar-refractivity contribution in [3.05, 3.63) is 28.8 Å². The van der Waals surface area contributed by atoms with Crippen molar-refractivity contribution in [1.82, 2.24) is 0 Å². The number of hydrogen-bond acceptors (Lipinski definition) is 1. The number of benzene rings is 1. The van der Waals surface area contributed by atoms with Gasteiger partial charge in [0, 0.05) is 0 Å². The van der Waals surface area contributed by atoms with Crippen LogP contribution in [0.2, 0.25) is 5.02 Å². The first-order valence-electron chi connectivity index (χ1n) is 2.65. The molecular weight excluding hydrogens is 252 g/mol. The van der Waals surface area contributed by atoms with Gasteiger partial charge in [0.25, 0.3) is 0 Å². The number of halogens is 1. The Balaban J connectivity index is 3.23. The van der Waals surface area contributed by atoms with Crippen LogP contribution in [-0.2, 0) is 0 Å². The molecule has 0 amide bonds. The quantitative estimate of drug-likeness (QED) is 0.635. The van der Waals surface area contributed by atoms with E-state index < -0.39 is 0 Å². The molecule has 0 aliphatic carbocycles. The van der Waals surface area contributed by atoms with Gasteiger partial charge in [0.2, 0.25) is 0 Å². The van der Waals surface area contributed by atoms with Crippen molar-refractivity contribution in [2.75, 3.05) is 0 Å². The maximum atomic E-state index is 8.48. The Morgan fingerprint density at radius 2 is 2.20 bits per heavy atom. The van der Waals surface area contributed by atoms with Crippen molar-refractivity contribution in [2.24, 2.45) is 0 Å². The Kier molecular flexibility index (Phi) is 2.58. The Labute approximate surface area is 77.7 Å². The molecule has 0 aliphatic rings. The molecule has 1 rings (SSSR count). The Hall–Kier alpha value is -0.201. The molecule has 0 heterocycles. The van der Waals surface area contributed by atoms with E-state index in [0.717, 1.165) is 3.58 Å². The van der Waals surface area contributed by atoms with Crippen LogP contribution in [0, 0.1) is 11.3 Å². The van der Waals surface area contributed by atoms with Crippen molar-refractivity contribution in [3.63, 3.8) is 0 Å². The molecule has 0 aliphatic heterocycles. The fraction of sp³-hybridized carbons (Fsp3) is 0. The molecule has 0 atom stereocenters. The van der Waals surface area contributed by atoms with E-state index >= 15 is 0 Å². The monoisotopic (exact) mass is 256 g/mol. The number of hydrogen-bond donors (Lipinski definition) is 0. The summed E-state index contributed by atoms with van der Waals surface area (Å²) in [5.74, 6) is 0. The fourth-order valence-corrected chi connectivity index (χ4v) is 1.74. The first-order chi connectivity index (χ1) is 4.74. The van der Waals surface area contributed by atoms with Crippen LogP contribution in [-0.4, -0.2) is 22.5 Å². The predicted octanol–water partition coefficient (Wildman–Crippen LogP) is 1.01. The van der Waals surface area contributed by atoms with Gasteiger partial charge in [-0.1, -0.05) is 0 Å². The van der Waals surface area contributed by atoms with E-state index in [1.165, 1.54) is 22.5 Å². The average Bonchev–Trinajstić information content (AvgIpc) is 1.88. The molecular formula is C7H3ClNSn. The molecule has 0 saturated heterocycles. The molecule has 10 heavy (non-hydrogen) atoms. The van der Waals surface area contributed by atoms with Crippen LogP contribution in [0.5, 0.6) is 0 Å². The van der Waals surface area contributed by atoms with E-state index in [0.29, 0.717) is 10.6 Å². The van der Waals surface area contributed by atoms with Gasteiger partial charge in [0.15, 0.2) is 0 Å². The van der Waals surface area contributed by atoms with Crippen molar-refractivity contribution in [1.29, 1.82) is 5.26 Å². The summed E-state index contributed by atoms with van der Waals surface area (Å²) in [6.07, 6.45) is 0. The second-order valence-corrected chi connectivity index (χ2v) is 3.86. The van der Waals surface area contributed by atoms with Gasteiger partial charge in [-0.05, 0) is 0 Å². The van der Waals surface area contributed by atoms with E-state index in [2.05, 4.69) is 0 Å². The summed E-state index contributed by atoms with van der Waals surface area (Å²) in [4.78, 5) is 0. The number of nitriles is 1. The van der Waals surface area contributed by atoms with Crippen LogP contribution in [0.1, 0.15) is 5.56 Å². The molecule has 0 unspecified atom stereocenters. The van der Waals surface area contributed by atoms with E-state index in [1.807, 2.05) is 18.2 Å². The third-order valence-corrected chi connectivity index (χ3v) is 2.29. The van der Waals surface area contributed by atoms with Gasteiger partial charge >= 0.3 is 77.8 Å². The average molecular weight is 255 g/mol. The molecule has 0 saturated carbocycles. The van der Waals surface area contributed by atoms with E-state index in [-0.39, 0.29) is 0 Å². The summed E-state index contributed by atoms with van der Waals surface area (Å²) >= 11 is 7.04. The molecule has 0 N–H and O–H groups in total. The molecule has 47 valence electrons. The van der Waals surface area contributed by atoms with Crippen LogP contribution in [0.4, 0.5) is 0 Å². The summed E-state index contributed by atoms with van der Waals surface area (Å²) in [7, 11) is 0. The summed E-state index contributed by atoms with van der Waals surface area (Å²) in [6, 6.07) is 7.47. The van der Waals surface area contributed by atoms with Gasteiger partial charge in [0.05, 0.1) is 0 Å². The zero-order valence-corrected chi connectivity index (χ0v) is 8.67. The van der Waals surface area contributed by atoms with Crippen molar-refractivity contribution >= 4 is 37.7 Å². The van der Waals surface area contributed by atoms with Crippen molar-refractivity contribution < 1.29 is 0 Å². The maximum absolute atomic E-state index is 8.48. The Morgan fingerprint density at radius 3 is 2.70 bits per heavy atom. The van der Waals surface area contributed by atoms with E-state index in [9.17, 15) is 0 Å². The normalized spacial score (nSPS) is 8.90. The molecule has 0 fully saturated rings. The number of rotatable bonds is 0. The second kappa shape index (κ2) is 3.27. The SMILES string of the molecule is N#Cc1cc[c]([Sn])cc1Cl. The zero-order chi connectivity index (χ0) is 7.56. The molecule has 0 bridgehead atoms. The fourth-order valence-electron chi connectivity index (χ4n) is 0.606. The summed E-state index contributed by atoms with van der Waals surface area (Å²) in [5, 5.41) is 9.03. The topological polar surface area (TPSA) is 23.8 Å². The zero-order valence-electron chi connectivity index (χ0n) is 5.06. The molecule has 0 spiro atoms. The Bertz CT molecular complexity index is 290.